The van der Waals surface area contributed by atoms with Crippen LogP contribution in [0.25, 0.3) is 0 Å². The van der Waals surface area contributed by atoms with Gasteiger partial charge in [0, 0.05) is 32.3 Å². The molecule has 0 saturated carbocycles. The maximum absolute atomic E-state index is 10.6. The molecule has 1 aromatic rings. The van der Waals surface area contributed by atoms with Crippen LogP contribution in [0.2, 0.25) is 0 Å². The molecule has 0 radical (unpaired) electrons. The molecule has 3 N–H and O–H groups in total. The molecule has 2 aliphatic heterocycles. The van der Waals surface area contributed by atoms with Crippen LogP contribution >= 0.6 is 0 Å². The summed E-state index contributed by atoms with van der Waals surface area (Å²) in [7, 11) is 2.03. The molecule has 4 atom stereocenters. The molecule has 0 amide bonds. The van der Waals surface area contributed by atoms with Crippen molar-refractivity contribution in [1.29, 1.82) is 0 Å². The Morgan fingerprint density at radius 2 is 1.88 bits per heavy atom. The first-order chi connectivity index (χ1) is 12.7. The molecular formula is C20H32N2O4. The highest BCUT2D eigenvalue weighted by molar-refractivity contribution is 5.15. The molecule has 26 heavy (non-hydrogen) atoms. The highest BCUT2D eigenvalue weighted by Crippen LogP contribution is 2.25. The van der Waals surface area contributed by atoms with E-state index in [-0.39, 0.29) is 18.8 Å². The lowest BCUT2D eigenvalue weighted by Crippen LogP contribution is -2.51. The van der Waals surface area contributed by atoms with Crippen molar-refractivity contribution in [3.05, 3.63) is 35.9 Å². The number of aliphatic hydroxyl groups excluding tert-OH is 2. The summed E-state index contributed by atoms with van der Waals surface area (Å²) in [5, 5.41) is 23.8. The van der Waals surface area contributed by atoms with Crippen molar-refractivity contribution in [3.63, 3.8) is 0 Å². The lowest BCUT2D eigenvalue weighted by Gasteiger charge is -2.32. The van der Waals surface area contributed by atoms with Crippen molar-refractivity contribution in [2.45, 2.75) is 49.7 Å². The third-order valence-electron chi connectivity index (χ3n) is 5.58. The van der Waals surface area contributed by atoms with E-state index in [2.05, 4.69) is 22.3 Å². The van der Waals surface area contributed by atoms with E-state index in [1.54, 1.807) is 0 Å². The molecule has 0 bridgehead atoms. The Labute approximate surface area is 156 Å². The molecule has 3 rings (SSSR count). The summed E-state index contributed by atoms with van der Waals surface area (Å²) in [6.45, 7) is 2.95. The topological polar surface area (TPSA) is 74.2 Å². The van der Waals surface area contributed by atoms with Crippen LogP contribution in [0.1, 0.15) is 18.4 Å². The van der Waals surface area contributed by atoms with Crippen LogP contribution in [-0.2, 0) is 15.9 Å². The highest BCUT2D eigenvalue weighted by Gasteiger charge is 2.45. The first-order valence-corrected chi connectivity index (χ1v) is 9.68. The number of hydrogen-bond acceptors (Lipinski definition) is 6. The van der Waals surface area contributed by atoms with E-state index in [1.165, 1.54) is 5.56 Å². The van der Waals surface area contributed by atoms with Crippen molar-refractivity contribution < 1.29 is 19.7 Å². The van der Waals surface area contributed by atoms with Crippen LogP contribution in [0.5, 0.6) is 0 Å². The van der Waals surface area contributed by atoms with Crippen LogP contribution in [0.3, 0.4) is 0 Å². The summed E-state index contributed by atoms with van der Waals surface area (Å²) in [5.74, 6) is 0. The second-order valence-electron chi connectivity index (χ2n) is 7.39. The third-order valence-corrected chi connectivity index (χ3v) is 5.58. The molecule has 6 nitrogen and oxygen atoms in total. The molecule has 146 valence electrons. The van der Waals surface area contributed by atoms with Crippen LogP contribution in [0, 0.1) is 0 Å². The van der Waals surface area contributed by atoms with Gasteiger partial charge in [0.15, 0.2) is 0 Å². The van der Waals surface area contributed by atoms with Gasteiger partial charge in [0.05, 0.1) is 18.8 Å². The van der Waals surface area contributed by atoms with Crippen molar-refractivity contribution in [2.75, 3.05) is 40.0 Å². The van der Waals surface area contributed by atoms with Crippen LogP contribution in [0.15, 0.2) is 30.3 Å². The number of ether oxygens (including phenoxy) is 2. The number of rotatable bonds is 8. The Kier molecular flexibility index (Phi) is 7.42. The lowest BCUT2D eigenvalue weighted by molar-refractivity contribution is -0.0229. The van der Waals surface area contributed by atoms with E-state index < -0.39 is 12.2 Å². The minimum Gasteiger partial charge on any atom is -0.394 e. The van der Waals surface area contributed by atoms with Crippen molar-refractivity contribution in [3.8, 4) is 0 Å². The number of aliphatic hydroxyl groups is 2. The Bertz CT molecular complexity index is 524. The third kappa shape index (κ3) is 5.03. The van der Waals surface area contributed by atoms with Crippen molar-refractivity contribution >= 4 is 0 Å². The second-order valence-corrected chi connectivity index (χ2v) is 7.39. The maximum atomic E-state index is 10.6. The van der Waals surface area contributed by atoms with Crippen molar-refractivity contribution in [2.24, 2.45) is 0 Å². The van der Waals surface area contributed by atoms with Gasteiger partial charge in [0.25, 0.3) is 0 Å². The van der Waals surface area contributed by atoms with Crippen LogP contribution in [0.4, 0.5) is 0 Å². The summed E-state index contributed by atoms with van der Waals surface area (Å²) in [6, 6.07) is 10.7. The fraction of sp³-hybridized carbons (Fsp3) is 0.700. The van der Waals surface area contributed by atoms with Crippen molar-refractivity contribution in [1.82, 2.24) is 10.2 Å². The molecule has 6 heteroatoms. The van der Waals surface area contributed by atoms with E-state index >= 15 is 0 Å². The molecule has 2 heterocycles. The quantitative estimate of drug-likeness (QED) is 0.621. The number of hydrogen-bond donors (Lipinski definition) is 3. The summed E-state index contributed by atoms with van der Waals surface area (Å²) in [4.78, 5) is 2.17. The Balaban J connectivity index is 1.56. The van der Waals surface area contributed by atoms with Gasteiger partial charge in [-0.2, -0.15) is 0 Å². The molecule has 2 aliphatic rings. The molecule has 1 aromatic carbocycles. The molecule has 2 saturated heterocycles. The molecule has 2 fully saturated rings. The average molecular weight is 364 g/mol. The number of nitrogens with zero attached hydrogens (tertiary/aromatic N) is 1. The first-order valence-electron chi connectivity index (χ1n) is 9.68. The minimum atomic E-state index is -0.678. The number of nitrogens with one attached hydrogen (secondary N) is 1. The van der Waals surface area contributed by atoms with E-state index in [4.69, 9.17) is 9.47 Å². The van der Waals surface area contributed by atoms with E-state index in [0.717, 1.165) is 39.0 Å². The van der Waals surface area contributed by atoms with Gasteiger partial charge in [-0.15, -0.1) is 0 Å². The van der Waals surface area contributed by atoms with E-state index in [1.807, 2.05) is 25.2 Å². The summed E-state index contributed by atoms with van der Waals surface area (Å²) < 4.78 is 11.4. The molecule has 0 spiro atoms. The Morgan fingerprint density at radius 3 is 2.58 bits per heavy atom. The van der Waals surface area contributed by atoms with Gasteiger partial charge in [-0.3, -0.25) is 4.90 Å². The predicted octanol–water partition coefficient (Wildman–Crippen LogP) is 0.419. The van der Waals surface area contributed by atoms with Gasteiger partial charge >= 0.3 is 0 Å². The van der Waals surface area contributed by atoms with Gasteiger partial charge in [-0.05, 0) is 31.9 Å². The Morgan fingerprint density at radius 1 is 1.15 bits per heavy atom. The average Bonchev–Trinajstić information content (AvgIpc) is 3.01. The highest BCUT2D eigenvalue weighted by atomic mass is 16.5. The van der Waals surface area contributed by atoms with Crippen LogP contribution in [-0.4, -0.2) is 85.5 Å². The van der Waals surface area contributed by atoms with Gasteiger partial charge in [0.2, 0.25) is 0 Å². The van der Waals surface area contributed by atoms with Gasteiger partial charge in [-0.1, -0.05) is 30.3 Å². The molecule has 0 aromatic heterocycles. The minimum absolute atomic E-state index is 0.122. The zero-order valence-corrected chi connectivity index (χ0v) is 15.6. The first kappa shape index (κ1) is 19.7. The summed E-state index contributed by atoms with van der Waals surface area (Å²) in [5.41, 5.74) is 1.28. The summed E-state index contributed by atoms with van der Waals surface area (Å²) >= 11 is 0. The zero-order chi connectivity index (χ0) is 18.4. The van der Waals surface area contributed by atoms with Gasteiger partial charge in [0.1, 0.15) is 12.2 Å². The molecule has 0 aliphatic carbocycles. The maximum Gasteiger partial charge on any atom is 0.109 e. The monoisotopic (exact) mass is 364 g/mol. The predicted molar refractivity (Wildman–Crippen MR) is 100 cm³/mol. The fourth-order valence-electron chi connectivity index (χ4n) is 3.97. The number of benzene rings is 1. The lowest BCUT2D eigenvalue weighted by atomic mass is 10.0. The zero-order valence-electron chi connectivity index (χ0n) is 15.6. The standard InChI is InChI=1S/C20H32N2O4/c1-22(10-7-15-5-3-2-4-6-15)19-17(26-18(14-23)20(19)24)13-21-16-8-11-25-12-9-16/h2-6,16-21,23-24H,7-14H2,1H3/t17-,18+,19+,20-/m1/s1. The van der Waals surface area contributed by atoms with Gasteiger partial charge < -0.3 is 25.0 Å². The molecular weight excluding hydrogens is 332 g/mol. The SMILES string of the molecule is CN(CCc1ccccc1)[C@@H]1[C@H](O)[C@H](CO)O[C@@H]1CNC1CCOCC1. The smallest absolute Gasteiger partial charge is 0.109 e. The van der Waals surface area contributed by atoms with Crippen LogP contribution < -0.4 is 5.32 Å². The largest absolute Gasteiger partial charge is 0.394 e. The molecule has 0 unspecified atom stereocenters. The number of likely N-dealkylation sites (N-methyl/N-ethyl adjacent to an activating group) is 1. The second kappa shape index (κ2) is 9.78. The normalized spacial score (nSPS) is 30.2. The van der Waals surface area contributed by atoms with E-state index in [0.29, 0.717) is 12.6 Å². The van der Waals surface area contributed by atoms with Gasteiger partial charge in [-0.25, -0.2) is 0 Å². The fourth-order valence-corrected chi connectivity index (χ4v) is 3.97. The van der Waals surface area contributed by atoms with E-state index in [9.17, 15) is 10.2 Å². The Hall–Kier alpha value is -1.02. The summed E-state index contributed by atoms with van der Waals surface area (Å²) in [6.07, 6.45) is 1.61.